The molecule has 0 saturated heterocycles. The normalized spacial score (nSPS) is 10.1. The maximum absolute atomic E-state index is 12.0. The molecule has 0 fully saturated rings. The highest BCUT2D eigenvalue weighted by molar-refractivity contribution is 6.35. The maximum atomic E-state index is 12.0. The van der Waals surface area contributed by atoms with Gasteiger partial charge in [0.05, 0.1) is 17.4 Å². The number of halogens is 2. The van der Waals surface area contributed by atoms with Gasteiger partial charge in [0.25, 0.3) is 5.91 Å². The van der Waals surface area contributed by atoms with Crippen LogP contribution in [0.4, 0.5) is 5.69 Å². The fourth-order valence-electron chi connectivity index (χ4n) is 1.51. The molecule has 1 aromatic heterocycles. The number of pyridine rings is 1. The molecule has 0 aliphatic rings. The minimum absolute atomic E-state index is 0.0214. The first-order valence-corrected chi connectivity index (χ1v) is 6.17. The fourth-order valence-corrected chi connectivity index (χ4v) is 2.04. The zero-order valence-electron chi connectivity index (χ0n) is 9.93. The molecule has 5 nitrogen and oxygen atoms in total. The standard InChI is InChI=1S/C13H8Cl2N2O3/c14-9-1-7(2-10(15)4-9)12(18)17-11-3-8(13(19)20)5-16-6-11/h1-6H,(H,17,18)(H,19,20). The van der Waals surface area contributed by atoms with Gasteiger partial charge in [-0.2, -0.15) is 0 Å². The van der Waals surface area contributed by atoms with E-state index >= 15 is 0 Å². The van der Waals surface area contributed by atoms with Gasteiger partial charge in [0, 0.05) is 21.8 Å². The monoisotopic (exact) mass is 310 g/mol. The van der Waals surface area contributed by atoms with Gasteiger partial charge in [0.2, 0.25) is 0 Å². The first kappa shape index (κ1) is 14.3. The Morgan fingerprint density at radius 2 is 1.65 bits per heavy atom. The lowest BCUT2D eigenvalue weighted by Crippen LogP contribution is -2.12. The molecule has 0 saturated carbocycles. The van der Waals surface area contributed by atoms with Crippen molar-refractivity contribution in [2.75, 3.05) is 5.32 Å². The quantitative estimate of drug-likeness (QED) is 0.911. The number of nitrogens with one attached hydrogen (secondary N) is 1. The molecule has 1 heterocycles. The molecule has 0 bridgehead atoms. The Bertz CT molecular complexity index is 669. The largest absolute Gasteiger partial charge is 0.478 e. The summed E-state index contributed by atoms with van der Waals surface area (Å²) in [7, 11) is 0. The third-order valence-electron chi connectivity index (χ3n) is 2.37. The van der Waals surface area contributed by atoms with Gasteiger partial charge in [-0.1, -0.05) is 23.2 Å². The van der Waals surface area contributed by atoms with E-state index in [-0.39, 0.29) is 16.8 Å². The molecule has 1 aromatic carbocycles. The van der Waals surface area contributed by atoms with Crippen LogP contribution >= 0.6 is 23.2 Å². The number of carbonyl (C=O) groups excluding carboxylic acids is 1. The average molecular weight is 311 g/mol. The number of carboxylic acid groups (broad SMARTS) is 1. The van der Waals surface area contributed by atoms with E-state index in [1.165, 1.54) is 36.7 Å². The molecule has 2 aromatic rings. The first-order valence-electron chi connectivity index (χ1n) is 5.41. The second-order valence-corrected chi connectivity index (χ2v) is 4.75. The fraction of sp³-hybridized carbons (Fsp3) is 0. The van der Waals surface area contributed by atoms with Crippen LogP contribution in [0.2, 0.25) is 10.0 Å². The number of carbonyl (C=O) groups is 2. The van der Waals surface area contributed by atoms with Crippen LogP contribution < -0.4 is 5.32 Å². The SMILES string of the molecule is O=C(O)c1cncc(NC(=O)c2cc(Cl)cc(Cl)c2)c1. The maximum Gasteiger partial charge on any atom is 0.337 e. The van der Waals surface area contributed by atoms with Gasteiger partial charge >= 0.3 is 5.97 Å². The van der Waals surface area contributed by atoms with Crippen molar-refractivity contribution in [2.24, 2.45) is 0 Å². The highest BCUT2D eigenvalue weighted by Gasteiger charge is 2.10. The van der Waals surface area contributed by atoms with Crippen molar-refractivity contribution in [3.63, 3.8) is 0 Å². The number of hydrogen-bond acceptors (Lipinski definition) is 3. The zero-order chi connectivity index (χ0) is 14.7. The van der Waals surface area contributed by atoms with Gasteiger partial charge in [-0.15, -0.1) is 0 Å². The summed E-state index contributed by atoms with van der Waals surface area (Å²) < 4.78 is 0. The summed E-state index contributed by atoms with van der Waals surface area (Å²) in [5.74, 6) is -1.59. The number of rotatable bonds is 3. The molecular formula is C13H8Cl2N2O3. The number of amides is 1. The van der Waals surface area contributed by atoms with Crippen LogP contribution in [0.1, 0.15) is 20.7 Å². The number of anilines is 1. The third kappa shape index (κ3) is 3.46. The molecule has 20 heavy (non-hydrogen) atoms. The first-order chi connectivity index (χ1) is 9.45. The number of nitrogens with zero attached hydrogens (tertiary/aromatic N) is 1. The summed E-state index contributed by atoms with van der Waals surface area (Å²) in [6.07, 6.45) is 2.53. The van der Waals surface area contributed by atoms with E-state index in [9.17, 15) is 9.59 Å². The Morgan fingerprint density at radius 1 is 1.00 bits per heavy atom. The predicted molar refractivity (Wildman–Crippen MR) is 75.6 cm³/mol. The van der Waals surface area contributed by atoms with Crippen molar-refractivity contribution in [2.45, 2.75) is 0 Å². The summed E-state index contributed by atoms with van der Waals surface area (Å²) in [5.41, 5.74) is 0.515. The number of carboxylic acids is 1. The summed E-state index contributed by atoms with van der Waals surface area (Å²) in [4.78, 5) is 26.5. The third-order valence-corrected chi connectivity index (χ3v) is 2.80. The van der Waals surface area contributed by atoms with E-state index in [4.69, 9.17) is 28.3 Å². The zero-order valence-corrected chi connectivity index (χ0v) is 11.4. The van der Waals surface area contributed by atoms with Crippen LogP contribution in [0.3, 0.4) is 0 Å². The minimum Gasteiger partial charge on any atom is -0.478 e. The van der Waals surface area contributed by atoms with Crippen LogP contribution in [0.5, 0.6) is 0 Å². The van der Waals surface area contributed by atoms with E-state index in [2.05, 4.69) is 10.3 Å². The van der Waals surface area contributed by atoms with E-state index < -0.39 is 11.9 Å². The lowest BCUT2D eigenvalue weighted by Gasteiger charge is -2.06. The molecule has 1 amide bonds. The molecule has 0 spiro atoms. The molecule has 7 heteroatoms. The molecule has 2 rings (SSSR count). The van der Waals surface area contributed by atoms with E-state index in [1.807, 2.05) is 0 Å². The van der Waals surface area contributed by atoms with Crippen LogP contribution in [0.15, 0.2) is 36.7 Å². The topological polar surface area (TPSA) is 79.3 Å². The summed E-state index contributed by atoms with van der Waals surface area (Å²) in [6.45, 7) is 0. The molecular weight excluding hydrogens is 303 g/mol. The second-order valence-electron chi connectivity index (χ2n) is 3.88. The Hall–Kier alpha value is -2.11. The average Bonchev–Trinajstić information content (AvgIpc) is 2.37. The van der Waals surface area contributed by atoms with Crippen molar-refractivity contribution >= 4 is 40.8 Å². The Labute approximate surface area is 124 Å². The number of benzene rings is 1. The summed E-state index contributed by atoms with van der Waals surface area (Å²) >= 11 is 11.6. The summed E-state index contributed by atoms with van der Waals surface area (Å²) in [6, 6.07) is 5.72. The molecule has 102 valence electrons. The molecule has 0 aliphatic carbocycles. The van der Waals surface area contributed by atoms with Crippen molar-refractivity contribution in [3.8, 4) is 0 Å². The second kappa shape index (κ2) is 5.90. The van der Waals surface area contributed by atoms with Crippen LogP contribution in [0.25, 0.3) is 0 Å². The van der Waals surface area contributed by atoms with Gasteiger partial charge in [-0.05, 0) is 24.3 Å². The van der Waals surface area contributed by atoms with Crippen molar-refractivity contribution in [1.29, 1.82) is 0 Å². The number of hydrogen-bond donors (Lipinski definition) is 2. The van der Waals surface area contributed by atoms with Crippen LogP contribution in [-0.2, 0) is 0 Å². The highest BCUT2D eigenvalue weighted by atomic mass is 35.5. The smallest absolute Gasteiger partial charge is 0.337 e. The molecule has 0 atom stereocenters. The lowest BCUT2D eigenvalue weighted by molar-refractivity contribution is 0.0696. The predicted octanol–water partition coefficient (Wildman–Crippen LogP) is 3.34. The molecule has 0 radical (unpaired) electrons. The van der Waals surface area contributed by atoms with Crippen molar-refractivity contribution < 1.29 is 14.7 Å². The highest BCUT2D eigenvalue weighted by Crippen LogP contribution is 2.20. The molecule has 0 unspecified atom stereocenters. The molecule has 2 N–H and O–H groups in total. The number of aromatic carboxylic acids is 1. The Balaban J connectivity index is 2.23. The van der Waals surface area contributed by atoms with E-state index in [0.29, 0.717) is 10.0 Å². The molecule has 0 aliphatic heterocycles. The Kier molecular flexibility index (Phi) is 4.22. The van der Waals surface area contributed by atoms with Gasteiger partial charge < -0.3 is 10.4 Å². The lowest BCUT2D eigenvalue weighted by atomic mass is 10.2. The number of aromatic nitrogens is 1. The van der Waals surface area contributed by atoms with Gasteiger partial charge in [0.15, 0.2) is 0 Å². The van der Waals surface area contributed by atoms with Crippen LogP contribution in [-0.4, -0.2) is 22.0 Å². The van der Waals surface area contributed by atoms with Gasteiger partial charge in [-0.25, -0.2) is 4.79 Å². The summed E-state index contributed by atoms with van der Waals surface area (Å²) in [5, 5.41) is 12.0. The van der Waals surface area contributed by atoms with Crippen LogP contribution in [0, 0.1) is 0 Å². The Morgan fingerprint density at radius 3 is 2.25 bits per heavy atom. The van der Waals surface area contributed by atoms with E-state index in [1.54, 1.807) is 0 Å². The van der Waals surface area contributed by atoms with Gasteiger partial charge in [0.1, 0.15) is 0 Å². The van der Waals surface area contributed by atoms with E-state index in [0.717, 1.165) is 0 Å². The van der Waals surface area contributed by atoms with Crippen molar-refractivity contribution in [3.05, 3.63) is 57.8 Å². The van der Waals surface area contributed by atoms with Gasteiger partial charge in [-0.3, -0.25) is 9.78 Å². The minimum atomic E-state index is -1.13. The van der Waals surface area contributed by atoms with Crippen molar-refractivity contribution in [1.82, 2.24) is 4.98 Å².